The zero-order valence-electron chi connectivity index (χ0n) is 6.46. The monoisotopic (exact) mass is 212 g/mol. The maximum atomic E-state index is 5.86. The Balaban J connectivity index is 2.19. The Hall–Kier alpha value is -1.20. The van der Waals surface area contributed by atoms with Crippen molar-refractivity contribution in [2.24, 2.45) is 5.10 Å². The van der Waals surface area contributed by atoms with E-state index in [1.54, 1.807) is 6.21 Å². The van der Waals surface area contributed by atoms with Crippen LogP contribution in [0.15, 0.2) is 29.2 Å². The third kappa shape index (κ3) is 1.93. The summed E-state index contributed by atoms with van der Waals surface area (Å²) in [5.41, 5.74) is 0.891. The summed E-state index contributed by atoms with van der Waals surface area (Å²) in [6.45, 7) is 0. The third-order valence-electron chi connectivity index (χ3n) is 1.37. The van der Waals surface area contributed by atoms with Crippen LogP contribution in [-0.2, 0) is 0 Å². The summed E-state index contributed by atoms with van der Waals surface area (Å²) in [5.74, 6) is 0. The molecule has 0 amide bonds. The molecule has 0 aromatic carbocycles. The quantitative estimate of drug-likeness (QED) is 0.714. The smallest absolute Gasteiger partial charge is 0.139 e. The predicted octanol–water partition coefficient (Wildman–Crippen LogP) is 1.88. The molecule has 0 atom stereocenters. The SMILES string of the molecule is Clc1sccc1/C=N/n1cncn1. The zero-order chi connectivity index (χ0) is 9.10. The highest BCUT2D eigenvalue weighted by Crippen LogP contribution is 2.20. The van der Waals surface area contributed by atoms with E-state index in [-0.39, 0.29) is 0 Å². The van der Waals surface area contributed by atoms with Crippen LogP contribution >= 0.6 is 22.9 Å². The zero-order valence-corrected chi connectivity index (χ0v) is 8.03. The summed E-state index contributed by atoms with van der Waals surface area (Å²) < 4.78 is 0.726. The molecule has 0 unspecified atom stereocenters. The fraction of sp³-hybridized carbons (Fsp3) is 0. The van der Waals surface area contributed by atoms with Gasteiger partial charge in [-0.25, -0.2) is 4.98 Å². The predicted molar refractivity (Wildman–Crippen MR) is 52.3 cm³/mol. The molecule has 13 heavy (non-hydrogen) atoms. The van der Waals surface area contributed by atoms with E-state index >= 15 is 0 Å². The summed E-state index contributed by atoms with van der Waals surface area (Å²) in [4.78, 5) is 5.12. The van der Waals surface area contributed by atoms with Gasteiger partial charge in [-0.3, -0.25) is 0 Å². The van der Waals surface area contributed by atoms with Crippen LogP contribution in [0.1, 0.15) is 5.56 Å². The Kier molecular flexibility index (Phi) is 2.37. The topological polar surface area (TPSA) is 43.1 Å². The lowest BCUT2D eigenvalue weighted by Crippen LogP contribution is -1.89. The molecule has 0 saturated carbocycles. The lowest BCUT2D eigenvalue weighted by Gasteiger charge is -1.87. The second-order valence-corrected chi connectivity index (χ2v) is 3.73. The van der Waals surface area contributed by atoms with E-state index in [4.69, 9.17) is 11.6 Å². The van der Waals surface area contributed by atoms with Crippen molar-refractivity contribution >= 4 is 29.2 Å². The first-order valence-corrected chi connectivity index (χ1v) is 4.74. The fourth-order valence-corrected chi connectivity index (χ4v) is 1.63. The number of halogens is 1. The third-order valence-corrected chi connectivity index (χ3v) is 2.57. The van der Waals surface area contributed by atoms with Crippen molar-refractivity contribution in [3.8, 4) is 0 Å². The first-order chi connectivity index (χ1) is 6.36. The number of rotatable bonds is 2. The summed E-state index contributed by atoms with van der Waals surface area (Å²) in [7, 11) is 0. The van der Waals surface area contributed by atoms with Crippen LogP contribution in [0, 0.1) is 0 Å². The van der Waals surface area contributed by atoms with Crippen molar-refractivity contribution in [2.75, 3.05) is 0 Å². The van der Waals surface area contributed by atoms with Crippen LogP contribution in [-0.4, -0.2) is 21.1 Å². The van der Waals surface area contributed by atoms with Crippen molar-refractivity contribution in [1.82, 2.24) is 14.9 Å². The van der Waals surface area contributed by atoms with E-state index in [9.17, 15) is 0 Å². The van der Waals surface area contributed by atoms with E-state index < -0.39 is 0 Å². The standard InChI is InChI=1S/C7H5ClN4S/c8-7-6(1-2-13-7)3-10-12-5-9-4-11-12/h1-5H/b10-3+. The first-order valence-electron chi connectivity index (χ1n) is 3.48. The van der Waals surface area contributed by atoms with Crippen LogP contribution in [0.2, 0.25) is 4.34 Å². The van der Waals surface area contributed by atoms with E-state index in [1.165, 1.54) is 28.8 Å². The van der Waals surface area contributed by atoms with Crippen molar-refractivity contribution in [3.05, 3.63) is 34.0 Å². The number of hydrogen-bond acceptors (Lipinski definition) is 4. The minimum absolute atomic E-state index is 0.726. The van der Waals surface area contributed by atoms with Crippen molar-refractivity contribution in [3.63, 3.8) is 0 Å². The summed E-state index contributed by atoms with van der Waals surface area (Å²) in [6, 6.07) is 1.90. The van der Waals surface area contributed by atoms with E-state index in [0.717, 1.165) is 9.90 Å². The van der Waals surface area contributed by atoms with Crippen molar-refractivity contribution in [2.45, 2.75) is 0 Å². The number of nitrogens with zero attached hydrogens (tertiary/aromatic N) is 4. The largest absolute Gasteiger partial charge is 0.221 e. The van der Waals surface area contributed by atoms with Gasteiger partial charge in [0.2, 0.25) is 0 Å². The molecule has 0 aliphatic heterocycles. The van der Waals surface area contributed by atoms with Crippen LogP contribution < -0.4 is 0 Å². The van der Waals surface area contributed by atoms with Gasteiger partial charge in [0, 0.05) is 5.56 Å². The van der Waals surface area contributed by atoms with Gasteiger partial charge in [-0.05, 0) is 11.4 Å². The molecule has 0 radical (unpaired) electrons. The molecule has 66 valence electrons. The van der Waals surface area contributed by atoms with Gasteiger partial charge in [-0.1, -0.05) is 11.6 Å². The van der Waals surface area contributed by atoms with E-state index in [0.29, 0.717) is 0 Å². The molecule has 2 aromatic heterocycles. The molecule has 0 saturated heterocycles. The first kappa shape index (κ1) is 8.40. The van der Waals surface area contributed by atoms with Gasteiger partial charge in [-0.15, -0.1) is 21.2 Å². The molecular weight excluding hydrogens is 208 g/mol. The van der Waals surface area contributed by atoms with Crippen molar-refractivity contribution < 1.29 is 0 Å². The second-order valence-electron chi connectivity index (χ2n) is 2.21. The van der Waals surface area contributed by atoms with Gasteiger partial charge >= 0.3 is 0 Å². The van der Waals surface area contributed by atoms with Gasteiger partial charge in [0.25, 0.3) is 0 Å². The average molecular weight is 213 g/mol. The molecule has 4 nitrogen and oxygen atoms in total. The molecule has 0 fully saturated rings. The molecule has 0 bridgehead atoms. The summed E-state index contributed by atoms with van der Waals surface area (Å²) in [6.07, 6.45) is 4.58. The fourth-order valence-electron chi connectivity index (χ4n) is 0.777. The molecule has 0 spiro atoms. The average Bonchev–Trinajstić information content (AvgIpc) is 2.72. The van der Waals surface area contributed by atoms with Gasteiger partial charge in [0.15, 0.2) is 0 Å². The van der Waals surface area contributed by atoms with Gasteiger partial charge in [-0.2, -0.15) is 5.10 Å². The molecule has 0 N–H and O–H groups in total. The molecule has 2 aromatic rings. The van der Waals surface area contributed by atoms with Crippen LogP contribution in [0.3, 0.4) is 0 Å². The molecule has 2 heterocycles. The molecule has 6 heteroatoms. The highest BCUT2D eigenvalue weighted by molar-refractivity contribution is 7.14. The number of aromatic nitrogens is 3. The van der Waals surface area contributed by atoms with Crippen LogP contribution in [0.25, 0.3) is 0 Å². The van der Waals surface area contributed by atoms with Gasteiger partial charge < -0.3 is 0 Å². The Labute approximate surface area is 83.5 Å². The molecule has 2 rings (SSSR count). The highest BCUT2D eigenvalue weighted by atomic mass is 35.5. The lowest BCUT2D eigenvalue weighted by atomic mass is 10.4. The maximum absolute atomic E-state index is 5.86. The lowest BCUT2D eigenvalue weighted by molar-refractivity contribution is 0.743. The van der Waals surface area contributed by atoms with Crippen LogP contribution in [0.4, 0.5) is 0 Å². The van der Waals surface area contributed by atoms with Gasteiger partial charge in [0.1, 0.15) is 17.0 Å². The molecule has 0 aliphatic rings. The Morgan fingerprint density at radius 2 is 2.54 bits per heavy atom. The van der Waals surface area contributed by atoms with E-state index in [2.05, 4.69) is 15.2 Å². The molecular formula is C7H5ClN4S. The minimum atomic E-state index is 0.726. The summed E-state index contributed by atoms with van der Waals surface area (Å²) >= 11 is 7.33. The Bertz CT molecular complexity index is 406. The van der Waals surface area contributed by atoms with Crippen LogP contribution in [0.5, 0.6) is 0 Å². The van der Waals surface area contributed by atoms with E-state index in [1.807, 2.05) is 11.4 Å². The molecule has 0 aliphatic carbocycles. The number of hydrogen-bond donors (Lipinski definition) is 0. The Morgan fingerprint density at radius 1 is 1.62 bits per heavy atom. The highest BCUT2D eigenvalue weighted by Gasteiger charge is 1.96. The van der Waals surface area contributed by atoms with Crippen molar-refractivity contribution in [1.29, 1.82) is 0 Å². The second kappa shape index (κ2) is 3.68. The maximum Gasteiger partial charge on any atom is 0.139 e. The minimum Gasteiger partial charge on any atom is -0.221 e. The Morgan fingerprint density at radius 3 is 3.15 bits per heavy atom. The number of thiophene rings is 1. The summed E-state index contributed by atoms with van der Waals surface area (Å²) in [5, 5.41) is 9.73. The van der Waals surface area contributed by atoms with Gasteiger partial charge in [0.05, 0.1) is 6.21 Å². The normalized spacial score (nSPS) is 11.2.